The molecule has 2 aromatic carbocycles. The topological polar surface area (TPSA) is 66.0 Å². The number of carbonyl (C=O) groups is 2. The van der Waals surface area contributed by atoms with Gasteiger partial charge in [0.15, 0.2) is 0 Å². The van der Waals surface area contributed by atoms with Crippen molar-refractivity contribution in [2.24, 2.45) is 0 Å². The average Bonchev–Trinajstić information content (AvgIpc) is 2.88. The molecule has 7 heteroatoms. The summed E-state index contributed by atoms with van der Waals surface area (Å²) < 4.78 is 5.37. The first-order valence-electron chi connectivity index (χ1n) is 12.3. The monoisotopic (exact) mass is 472 g/mol. The summed E-state index contributed by atoms with van der Waals surface area (Å²) in [6.07, 6.45) is 0. The van der Waals surface area contributed by atoms with Gasteiger partial charge in [0.1, 0.15) is 0 Å². The maximum absolute atomic E-state index is 13.7. The van der Waals surface area contributed by atoms with E-state index in [4.69, 9.17) is 9.72 Å². The van der Waals surface area contributed by atoms with E-state index in [1.54, 1.807) is 0 Å². The highest BCUT2D eigenvalue weighted by Gasteiger charge is 2.27. The molecule has 0 atom stereocenters. The van der Waals surface area contributed by atoms with Crippen LogP contribution < -0.4 is 0 Å². The zero-order chi connectivity index (χ0) is 24.4. The second-order valence-electron chi connectivity index (χ2n) is 9.45. The summed E-state index contributed by atoms with van der Waals surface area (Å²) >= 11 is 0. The fourth-order valence-electron chi connectivity index (χ4n) is 4.97. The third-order valence-electron chi connectivity index (χ3n) is 6.99. The molecule has 0 N–H and O–H groups in total. The molecule has 5 rings (SSSR count). The number of hydrogen-bond acceptors (Lipinski definition) is 5. The van der Waals surface area contributed by atoms with Crippen LogP contribution in [0.2, 0.25) is 0 Å². The van der Waals surface area contributed by atoms with Gasteiger partial charge in [0.2, 0.25) is 5.91 Å². The van der Waals surface area contributed by atoms with Crippen molar-refractivity contribution >= 4 is 22.7 Å². The quantitative estimate of drug-likeness (QED) is 0.584. The third kappa shape index (κ3) is 5.06. The molecule has 7 nitrogen and oxygen atoms in total. The molecule has 0 unspecified atom stereocenters. The Labute approximate surface area is 206 Å². The second kappa shape index (κ2) is 10.1. The van der Waals surface area contributed by atoms with Crippen molar-refractivity contribution < 1.29 is 14.3 Å². The summed E-state index contributed by atoms with van der Waals surface area (Å²) in [6, 6.07) is 16.0. The number of hydrogen-bond donors (Lipinski definition) is 0. The molecule has 0 spiro atoms. The lowest BCUT2D eigenvalue weighted by molar-refractivity contribution is -0.134. The molecule has 3 heterocycles. The number of amides is 2. The van der Waals surface area contributed by atoms with Crippen molar-refractivity contribution in [3.05, 3.63) is 65.2 Å². The second-order valence-corrected chi connectivity index (χ2v) is 9.45. The van der Waals surface area contributed by atoms with Gasteiger partial charge in [-0.3, -0.25) is 14.5 Å². The van der Waals surface area contributed by atoms with Crippen molar-refractivity contribution in [3.63, 3.8) is 0 Å². The first-order valence-corrected chi connectivity index (χ1v) is 12.3. The number of ether oxygens (including phenoxy) is 1. The largest absolute Gasteiger partial charge is 0.379 e. The molecule has 182 valence electrons. The number of fused-ring (bicyclic) bond motifs is 1. The summed E-state index contributed by atoms with van der Waals surface area (Å²) in [7, 11) is 0. The van der Waals surface area contributed by atoms with Crippen molar-refractivity contribution in [1.29, 1.82) is 0 Å². The van der Waals surface area contributed by atoms with Gasteiger partial charge in [-0.1, -0.05) is 42.0 Å². The molecule has 2 saturated heterocycles. The van der Waals surface area contributed by atoms with Crippen LogP contribution in [0.5, 0.6) is 0 Å². The zero-order valence-electron chi connectivity index (χ0n) is 20.5. The Balaban J connectivity index is 1.35. The molecule has 1 aromatic heterocycles. The number of aryl methyl sites for hydroxylation is 2. The van der Waals surface area contributed by atoms with Gasteiger partial charge in [0.25, 0.3) is 5.91 Å². The van der Waals surface area contributed by atoms with E-state index >= 15 is 0 Å². The van der Waals surface area contributed by atoms with Crippen LogP contribution in [0.25, 0.3) is 22.2 Å². The van der Waals surface area contributed by atoms with Crippen molar-refractivity contribution in [3.8, 4) is 11.3 Å². The van der Waals surface area contributed by atoms with Crippen LogP contribution in [-0.2, 0) is 9.53 Å². The molecule has 35 heavy (non-hydrogen) atoms. The van der Waals surface area contributed by atoms with Gasteiger partial charge < -0.3 is 14.5 Å². The zero-order valence-corrected chi connectivity index (χ0v) is 20.5. The number of aromatic nitrogens is 1. The molecule has 0 saturated carbocycles. The van der Waals surface area contributed by atoms with E-state index in [2.05, 4.69) is 36.9 Å². The van der Waals surface area contributed by atoms with Crippen LogP contribution in [0.4, 0.5) is 0 Å². The summed E-state index contributed by atoms with van der Waals surface area (Å²) in [6.45, 7) is 9.70. The van der Waals surface area contributed by atoms with Crippen molar-refractivity contribution in [2.45, 2.75) is 13.8 Å². The summed E-state index contributed by atoms with van der Waals surface area (Å²) in [5.41, 5.74) is 5.66. The summed E-state index contributed by atoms with van der Waals surface area (Å²) in [5, 5.41) is 0.858. The van der Waals surface area contributed by atoms with E-state index in [0.29, 0.717) is 51.5 Å². The van der Waals surface area contributed by atoms with Gasteiger partial charge in [0, 0.05) is 50.2 Å². The van der Waals surface area contributed by atoms with Crippen LogP contribution in [0.15, 0.2) is 48.5 Å². The highest BCUT2D eigenvalue weighted by Crippen LogP contribution is 2.28. The molecular formula is C28H32N4O3. The molecule has 0 bridgehead atoms. The predicted octanol–water partition coefficient (Wildman–Crippen LogP) is 3.14. The minimum atomic E-state index is -0.00473. The standard InChI is InChI=1S/C28H32N4O3/c1-20-7-8-22(21(2)17-20)26-18-24(23-5-3-4-6-25(23)29-26)28(34)32-11-9-31(10-12-32)27(33)19-30-13-15-35-16-14-30/h3-8,17-18H,9-16,19H2,1-2H3. The smallest absolute Gasteiger partial charge is 0.254 e. The number of nitrogens with zero attached hydrogens (tertiary/aromatic N) is 4. The fourth-order valence-corrected chi connectivity index (χ4v) is 4.97. The normalized spacial score (nSPS) is 17.1. The van der Waals surface area contributed by atoms with Crippen LogP contribution >= 0.6 is 0 Å². The fraction of sp³-hybridized carbons (Fsp3) is 0.393. The third-order valence-corrected chi connectivity index (χ3v) is 6.99. The lowest BCUT2D eigenvalue weighted by Crippen LogP contribution is -2.53. The maximum atomic E-state index is 13.7. The SMILES string of the molecule is Cc1ccc(-c2cc(C(=O)N3CCN(C(=O)CN4CCOCC4)CC3)c3ccccc3n2)c(C)c1. The number of para-hydroxylation sites is 1. The van der Waals surface area contributed by atoms with Crippen LogP contribution in [0.1, 0.15) is 21.5 Å². The molecule has 2 fully saturated rings. The maximum Gasteiger partial charge on any atom is 0.254 e. The highest BCUT2D eigenvalue weighted by atomic mass is 16.5. The van der Waals surface area contributed by atoms with Crippen LogP contribution in [-0.4, -0.2) is 90.5 Å². The summed E-state index contributed by atoms with van der Waals surface area (Å²) in [4.78, 5) is 37.2. The van der Waals surface area contributed by atoms with Gasteiger partial charge in [0.05, 0.1) is 36.5 Å². The Kier molecular flexibility index (Phi) is 6.79. The molecule has 3 aromatic rings. The lowest BCUT2D eigenvalue weighted by atomic mass is 9.99. The van der Waals surface area contributed by atoms with E-state index in [0.717, 1.165) is 40.8 Å². The number of rotatable bonds is 4. The molecule has 0 radical (unpaired) electrons. The molecule has 2 aliphatic rings. The molecular weight excluding hydrogens is 440 g/mol. The minimum Gasteiger partial charge on any atom is -0.379 e. The van der Waals surface area contributed by atoms with Gasteiger partial charge in [-0.2, -0.15) is 0 Å². The number of benzene rings is 2. The van der Waals surface area contributed by atoms with E-state index < -0.39 is 0 Å². The molecule has 2 amide bonds. The van der Waals surface area contributed by atoms with Gasteiger partial charge >= 0.3 is 0 Å². The molecule has 0 aliphatic carbocycles. The Morgan fingerprint density at radius 3 is 2.34 bits per heavy atom. The summed E-state index contributed by atoms with van der Waals surface area (Å²) in [5.74, 6) is 0.125. The van der Waals surface area contributed by atoms with Gasteiger partial charge in [-0.05, 0) is 31.5 Å². The minimum absolute atomic E-state index is 0.00473. The first kappa shape index (κ1) is 23.5. The number of morpholine rings is 1. The van der Waals surface area contributed by atoms with Crippen molar-refractivity contribution in [1.82, 2.24) is 19.7 Å². The van der Waals surface area contributed by atoms with Crippen LogP contribution in [0, 0.1) is 13.8 Å². The van der Waals surface area contributed by atoms with E-state index in [1.165, 1.54) is 5.56 Å². The van der Waals surface area contributed by atoms with Gasteiger partial charge in [-0.15, -0.1) is 0 Å². The average molecular weight is 473 g/mol. The Morgan fingerprint density at radius 2 is 1.60 bits per heavy atom. The van der Waals surface area contributed by atoms with Gasteiger partial charge in [-0.25, -0.2) is 4.98 Å². The van der Waals surface area contributed by atoms with Crippen molar-refractivity contribution in [2.75, 3.05) is 59.0 Å². The Morgan fingerprint density at radius 1 is 0.886 bits per heavy atom. The van der Waals surface area contributed by atoms with E-state index in [9.17, 15) is 9.59 Å². The molecule has 2 aliphatic heterocycles. The number of carbonyl (C=O) groups excluding carboxylic acids is 2. The lowest BCUT2D eigenvalue weighted by Gasteiger charge is -2.36. The van der Waals surface area contributed by atoms with Crippen LogP contribution in [0.3, 0.4) is 0 Å². The highest BCUT2D eigenvalue weighted by molar-refractivity contribution is 6.07. The van der Waals surface area contributed by atoms with E-state index in [1.807, 2.05) is 40.1 Å². The first-order chi connectivity index (χ1) is 17.0. The number of pyridine rings is 1. The van der Waals surface area contributed by atoms with E-state index in [-0.39, 0.29) is 11.8 Å². The Bertz CT molecular complexity index is 1240. The predicted molar refractivity (Wildman–Crippen MR) is 136 cm³/mol. The number of piperazine rings is 1. The Hall–Kier alpha value is -3.29.